The molecule has 0 heterocycles. The van der Waals surface area contributed by atoms with Gasteiger partial charge in [0, 0.05) is 11.0 Å². The number of sulfone groups is 1. The van der Waals surface area contributed by atoms with Gasteiger partial charge in [0.2, 0.25) is 0 Å². The molecule has 5 heteroatoms. The van der Waals surface area contributed by atoms with Gasteiger partial charge in [-0.25, -0.2) is 17.2 Å². The number of hydrogen-bond acceptors (Lipinski definition) is 2. The molecule has 0 N–H and O–H groups in total. The fraction of sp³-hybridized carbons (Fsp3) is 0.385. The van der Waals surface area contributed by atoms with Crippen LogP contribution in [-0.2, 0) is 9.84 Å². The second-order valence-corrected chi connectivity index (χ2v) is 6.89. The van der Waals surface area contributed by atoms with Crippen LogP contribution in [0.1, 0.15) is 19.4 Å². The summed E-state index contributed by atoms with van der Waals surface area (Å²) in [5, 5.41) is 0.706. The number of allylic oxidation sites excluding steroid dienone is 1. The zero-order valence-electron chi connectivity index (χ0n) is 10.4. The van der Waals surface area contributed by atoms with E-state index >= 15 is 0 Å². The summed E-state index contributed by atoms with van der Waals surface area (Å²) in [6.07, 6.45) is 0. The number of alkyl halides is 2. The van der Waals surface area contributed by atoms with Gasteiger partial charge < -0.3 is 0 Å². The quantitative estimate of drug-likeness (QED) is 0.827. The smallest absolute Gasteiger partial charge is 0.219 e. The van der Waals surface area contributed by atoms with Crippen molar-refractivity contribution in [1.82, 2.24) is 0 Å². The van der Waals surface area contributed by atoms with E-state index in [9.17, 15) is 17.2 Å². The molecule has 0 saturated heterocycles. The van der Waals surface area contributed by atoms with Crippen LogP contribution in [0, 0.1) is 12.3 Å². The lowest BCUT2D eigenvalue weighted by atomic mass is 10.2. The van der Waals surface area contributed by atoms with E-state index in [1.165, 1.54) is 26.0 Å². The first-order valence-electron chi connectivity index (χ1n) is 5.51. The molecule has 0 spiro atoms. The molecule has 1 fully saturated rings. The van der Waals surface area contributed by atoms with Gasteiger partial charge in [-0.3, -0.25) is 0 Å². The highest BCUT2D eigenvalue weighted by Gasteiger charge is 2.71. The Morgan fingerprint density at radius 2 is 1.56 bits per heavy atom. The van der Waals surface area contributed by atoms with Gasteiger partial charge in [0.05, 0.1) is 10.3 Å². The molecule has 0 radical (unpaired) electrons. The zero-order valence-corrected chi connectivity index (χ0v) is 11.2. The predicted molar refractivity (Wildman–Crippen MR) is 65.2 cm³/mol. The van der Waals surface area contributed by atoms with Gasteiger partial charge in [-0.05, 0) is 32.9 Å². The molecule has 18 heavy (non-hydrogen) atoms. The molecule has 0 bridgehead atoms. The van der Waals surface area contributed by atoms with E-state index < -0.39 is 21.2 Å². The predicted octanol–water partition coefficient (Wildman–Crippen LogP) is 3.33. The summed E-state index contributed by atoms with van der Waals surface area (Å²) in [5.74, 6) is -3.02. The number of halogens is 2. The van der Waals surface area contributed by atoms with E-state index in [0.717, 1.165) is 5.56 Å². The molecule has 2 nitrogen and oxygen atoms in total. The molecule has 1 saturated carbocycles. The van der Waals surface area contributed by atoms with Crippen molar-refractivity contribution < 1.29 is 17.2 Å². The van der Waals surface area contributed by atoms with Gasteiger partial charge in [0.15, 0.2) is 9.84 Å². The molecule has 0 aliphatic heterocycles. The first-order chi connectivity index (χ1) is 8.09. The maximum atomic E-state index is 13.4. The minimum absolute atomic E-state index is 0.0408. The summed E-state index contributed by atoms with van der Waals surface area (Å²) in [7, 11) is -3.80. The van der Waals surface area contributed by atoms with E-state index in [-0.39, 0.29) is 10.5 Å². The lowest BCUT2D eigenvalue weighted by molar-refractivity contribution is 0.0827. The summed E-state index contributed by atoms with van der Waals surface area (Å²) in [5.41, 5.74) is -0.764. The normalized spacial score (nSPS) is 23.1. The standard InChI is InChI=1S/C13H14F2O2S/c1-9-4-6-10(7-5-9)18(16,17)8-11-12(2,3)13(11,14)15/h4-8H,1-3H3/b11-8+. The molecule has 98 valence electrons. The first kappa shape index (κ1) is 13.2. The van der Waals surface area contributed by atoms with Crippen molar-refractivity contribution in [3.8, 4) is 0 Å². The second-order valence-electron chi connectivity index (χ2n) is 5.09. The Balaban J connectivity index is 2.42. The highest BCUT2D eigenvalue weighted by molar-refractivity contribution is 7.94. The van der Waals surface area contributed by atoms with Crippen LogP contribution in [0.4, 0.5) is 8.78 Å². The van der Waals surface area contributed by atoms with Crippen LogP contribution >= 0.6 is 0 Å². The Morgan fingerprint density at radius 3 is 1.94 bits per heavy atom. The zero-order chi connectivity index (χ0) is 13.8. The number of hydrogen-bond donors (Lipinski definition) is 0. The highest BCUT2D eigenvalue weighted by atomic mass is 32.2. The van der Waals surface area contributed by atoms with Crippen LogP contribution in [0.15, 0.2) is 40.1 Å². The molecule has 1 aliphatic carbocycles. The average Bonchev–Trinajstić information content (AvgIpc) is 2.61. The Hall–Kier alpha value is -1.23. The molecular formula is C13H14F2O2S. The summed E-state index contributed by atoms with van der Waals surface area (Å²) in [6.45, 7) is 4.50. The number of aryl methyl sites for hydroxylation is 1. The Bertz CT molecular complexity index is 595. The maximum absolute atomic E-state index is 13.4. The first-order valence-corrected chi connectivity index (χ1v) is 7.06. The van der Waals surface area contributed by atoms with Gasteiger partial charge in [-0.15, -0.1) is 0 Å². The van der Waals surface area contributed by atoms with Crippen molar-refractivity contribution >= 4 is 9.84 Å². The molecular weight excluding hydrogens is 258 g/mol. The molecule has 1 aromatic carbocycles. The molecule has 0 unspecified atom stereocenters. The maximum Gasteiger partial charge on any atom is 0.279 e. The monoisotopic (exact) mass is 272 g/mol. The number of rotatable bonds is 2. The van der Waals surface area contributed by atoms with Crippen molar-refractivity contribution in [3.05, 3.63) is 40.8 Å². The largest absolute Gasteiger partial charge is 0.279 e. The minimum atomic E-state index is -3.80. The summed E-state index contributed by atoms with van der Waals surface area (Å²) in [4.78, 5) is 0.0408. The van der Waals surface area contributed by atoms with E-state index in [4.69, 9.17) is 0 Å². The van der Waals surface area contributed by atoms with Gasteiger partial charge in [0.1, 0.15) is 0 Å². The van der Waals surface area contributed by atoms with E-state index in [1.807, 2.05) is 6.92 Å². The summed E-state index contributed by atoms with van der Waals surface area (Å²) >= 11 is 0. The average molecular weight is 272 g/mol. The highest BCUT2D eigenvalue weighted by Crippen LogP contribution is 2.65. The molecule has 2 rings (SSSR count). The van der Waals surface area contributed by atoms with Crippen LogP contribution in [0.2, 0.25) is 0 Å². The topological polar surface area (TPSA) is 34.1 Å². The number of benzene rings is 1. The van der Waals surface area contributed by atoms with Crippen LogP contribution in [0.25, 0.3) is 0 Å². The molecule has 1 aromatic rings. The van der Waals surface area contributed by atoms with Crippen LogP contribution in [0.5, 0.6) is 0 Å². The molecule has 0 amide bonds. The third kappa shape index (κ3) is 1.86. The van der Waals surface area contributed by atoms with Crippen LogP contribution in [0.3, 0.4) is 0 Å². The molecule has 0 aromatic heterocycles. The van der Waals surface area contributed by atoms with Crippen molar-refractivity contribution in [1.29, 1.82) is 0 Å². The van der Waals surface area contributed by atoms with E-state index in [2.05, 4.69) is 0 Å². The van der Waals surface area contributed by atoms with Crippen molar-refractivity contribution in [2.75, 3.05) is 0 Å². The third-order valence-electron chi connectivity index (χ3n) is 3.36. The Morgan fingerprint density at radius 1 is 1.11 bits per heavy atom. The summed E-state index contributed by atoms with van der Waals surface area (Å²) in [6, 6.07) is 6.13. The van der Waals surface area contributed by atoms with E-state index in [1.54, 1.807) is 12.1 Å². The molecule has 1 aliphatic rings. The Kier molecular flexibility index (Phi) is 2.67. The van der Waals surface area contributed by atoms with Crippen molar-refractivity contribution in [3.63, 3.8) is 0 Å². The van der Waals surface area contributed by atoms with Crippen molar-refractivity contribution in [2.45, 2.75) is 31.6 Å². The fourth-order valence-corrected chi connectivity index (χ4v) is 3.17. The third-order valence-corrected chi connectivity index (χ3v) is 4.83. The lowest BCUT2D eigenvalue weighted by Gasteiger charge is -1.99. The summed E-state index contributed by atoms with van der Waals surface area (Å²) < 4.78 is 50.6. The SMILES string of the molecule is Cc1ccc(S(=O)(=O)/C=C2\C(C)(C)C2(F)F)cc1. The fourth-order valence-electron chi connectivity index (χ4n) is 1.77. The lowest BCUT2D eigenvalue weighted by Crippen LogP contribution is -1.99. The second kappa shape index (κ2) is 3.63. The molecule has 0 atom stereocenters. The minimum Gasteiger partial charge on any atom is -0.219 e. The van der Waals surface area contributed by atoms with E-state index in [0.29, 0.717) is 5.41 Å². The van der Waals surface area contributed by atoms with Crippen molar-refractivity contribution in [2.24, 2.45) is 5.41 Å². The van der Waals surface area contributed by atoms with Gasteiger partial charge in [-0.2, -0.15) is 0 Å². The Labute approximate surface area is 105 Å². The van der Waals surface area contributed by atoms with Gasteiger partial charge in [-0.1, -0.05) is 17.7 Å². The van der Waals surface area contributed by atoms with Crippen LogP contribution < -0.4 is 0 Å². The van der Waals surface area contributed by atoms with Gasteiger partial charge >= 0.3 is 0 Å². The van der Waals surface area contributed by atoms with Gasteiger partial charge in [0.25, 0.3) is 5.92 Å². The van der Waals surface area contributed by atoms with Crippen LogP contribution in [-0.4, -0.2) is 14.3 Å².